The summed E-state index contributed by atoms with van der Waals surface area (Å²) in [6, 6.07) is 11.9. The van der Waals surface area contributed by atoms with Crippen molar-refractivity contribution in [1.82, 2.24) is 10.2 Å². The molecule has 1 aromatic heterocycles. The molecule has 0 aliphatic rings. The summed E-state index contributed by atoms with van der Waals surface area (Å²) in [6.07, 6.45) is 0. The van der Waals surface area contributed by atoms with Gasteiger partial charge in [0.2, 0.25) is 5.91 Å². The Morgan fingerprint density at radius 2 is 2.04 bits per heavy atom. The first-order valence-corrected chi connectivity index (χ1v) is 8.70. The van der Waals surface area contributed by atoms with Crippen molar-refractivity contribution in [3.8, 4) is 5.75 Å². The maximum atomic E-state index is 12.2. The van der Waals surface area contributed by atoms with Gasteiger partial charge in [-0.2, -0.15) is 0 Å². The Balaban J connectivity index is 1.83. The zero-order valence-electron chi connectivity index (χ0n) is 13.9. The summed E-state index contributed by atoms with van der Waals surface area (Å²) in [6.45, 7) is 5.88. The quantitative estimate of drug-likeness (QED) is 0.806. The minimum absolute atomic E-state index is 0.0480. The lowest BCUT2D eigenvalue weighted by atomic mass is 10.2. The number of amides is 1. The molecule has 1 aromatic carbocycles. The van der Waals surface area contributed by atoms with E-state index in [0.717, 1.165) is 17.9 Å². The van der Waals surface area contributed by atoms with Crippen molar-refractivity contribution in [1.29, 1.82) is 0 Å². The number of carbonyl (C=O) groups excluding carboxylic acids is 1. The molecule has 0 saturated heterocycles. The summed E-state index contributed by atoms with van der Waals surface area (Å²) < 4.78 is 5.44. The van der Waals surface area contributed by atoms with Crippen molar-refractivity contribution in [2.24, 2.45) is 0 Å². The van der Waals surface area contributed by atoms with E-state index in [0.29, 0.717) is 13.2 Å². The Morgan fingerprint density at radius 1 is 1.30 bits per heavy atom. The lowest BCUT2D eigenvalue weighted by molar-refractivity contribution is -0.125. The van der Waals surface area contributed by atoms with Crippen LogP contribution < -0.4 is 10.1 Å². The number of ether oxygens (including phenoxy) is 1. The predicted molar refractivity (Wildman–Crippen MR) is 94.7 cm³/mol. The van der Waals surface area contributed by atoms with Gasteiger partial charge in [0.15, 0.2) is 0 Å². The van der Waals surface area contributed by atoms with Crippen LogP contribution in [0.15, 0.2) is 41.8 Å². The SMILES string of the molecule is CCOc1ccc(CN(C)C(C)C(=O)NCc2cccs2)cc1. The summed E-state index contributed by atoms with van der Waals surface area (Å²) >= 11 is 1.65. The summed E-state index contributed by atoms with van der Waals surface area (Å²) in [5.41, 5.74) is 1.16. The molecule has 0 spiro atoms. The summed E-state index contributed by atoms with van der Waals surface area (Å²) in [5, 5.41) is 5.00. The first-order chi connectivity index (χ1) is 11.1. The summed E-state index contributed by atoms with van der Waals surface area (Å²) in [4.78, 5) is 15.4. The fraction of sp³-hybridized carbons (Fsp3) is 0.389. The molecule has 0 radical (unpaired) electrons. The molecule has 0 saturated carbocycles. The maximum absolute atomic E-state index is 12.2. The predicted octanol–water partition coefficient (Wildman–Crippen LogP) is 3.28. The Labute approximate surface area is 142 Å². The van der Waals surface area contributed by atoms with E-state index in [-0.39, 0.29) is 11.9 Å². The molecule has 2 rings (SSSR count). The van der Waals surface area contributed by atoms with Gasteiger partial charge >= 0.3 is 0 Å². The van der Waals surface area contributed by atoms with Crippen LogP contribution in [0.5, 0.6) is 5.75 Å². The maximum Gasteiger partial charge on any atom is 0.237 e. The normalized spacial score (nSPS) is 12.2. The summed E-state index contributed by atoms with van der Waals surface area (Å²) in [7, 11) is 1.96. The minimum atomic E-state index is -0.179. The third-order valence-corrected chi connectivity index (χ3v) is 4.60. The van der Waals surface area contributed by atoms with Gasteiger partial charge in [-0.05, 0) is 50.0 Å². The monoisotopic (exact) mass is 332 g/mol. The van der Waals surface area contributed by atoms with Crippen LogP contribution in [0.2, 0.25) is 0 Å². The number of benzene rings is 1. The number of rotatable bonds is 8. The molecule has 0 aliphatic carbocycles. The van der Waals surface area contributed by atoms with Crippen LogP contribution in [-0.4, -0.2) is 30.5 Å². The molecule has 124 valence electrons. The second kappa shape index (κ2) is 8.70. The van der Waals surface area contributed by atoms with Gasteiger partial charge < -0.3 is 10.1 Å². The van der Waals surface area contributed by atoms with E-state index < -0.39 is 0 Å². The minimum Gasteiger partial charge on any atom is -0.494 e. The van der Waals surface area contributed by atoms with Gasteiger partial charge in [-0.25, -0.2) is 0 Å². The molecule has 0 aliphatic heterocycles. The molecular formula is C18H24N2O2S. The smallest absolute Gasteiger partial charge is 0.237 e. The first-order valence-electron chi connectivity index (χ1n) is 7.82. The fourth-order valence-corrected chi connectivity index (χ4v) is 2.86. The van der Waals surface area contributed by atoms with Crippen molar-refractivity contribution in [2.75, 3.05) is 13.7 Å². The molecule has 5 heteroatoms. The van der Waals surface area contributed by atoms with E-state index in [4.69, 9.17) is 4.74 Å². The Morgan fingerprint density at radius 3 is 2.65 bits per heavy atom. The summed E-state index contributed by atoms with van der Waals surface area (Å²) in [5.74, 6) is 0.924. The van der Waals surface area contributed by atoms with E-state index in [9.17, 15) is 4.79 Å². The van der Waals surface area contributed by atoms with Gasteiger partial charge in [0.05, 0.1) is 19.2 Å². The van der Waals surface area contributed by atoms with Gasteiger partial charge in [0, 0.05) is 11.4 Å². The second-order valence-corrected chi connectivity index (χ2v) is 6.50. The fourth-order valence-electron chi connectivity index (χ4n) is 2.22. The van der Waals surface area contributed by atoms with Gasteiger partial charge in [-0.15, -0.1) is 11.3 Å². The van der Waals surface area contributed by atoms with E-state index in [1.165, 1.54) is 4.88 Å². The lowest BCUT2D eigenvalue weighted by Gasteiger charge is -2.24. The van der Waals surface area contributed by atoms with Crippen LogP contribution in [0.3, 0.4) is 0 Å². The molecule has 4 nitrogen and oxygen atoms in total. The molecule has 0 fully saturated rings. The molecular weight excluding hydrogens is 308 g/mol. The van der Waals surface area contributed by atoms with Crippen LogP contribution >= 0.6 is 11.3 Å². The molecule has 1 heterocycles. The number of thiophene rings is 1. The van der Waals surface area contributed by atoms with Crippen LogP contribution in [0, 0.1) is 0 Å². The van der Waals surface area contributed by atoms with E-state index in [2.05, 4.69) is 5.32 Å². The largest absolute Gasteiger partial charge is 0.494 e. The zero-order chi connectivity index (χ0) is 16.7. The molecule has 0 bridgehead atoms. The van der Waals surface area contributed by atoms with Crippen molar-refractivity contribution in [3.63, 3.8) is 0 Å². The average molecular weight is 332 g/mol. The van der Waals surface area contributed by atoms with E-state index in [1.807, 2.05) is 67.6 Å². The highest BCUT2D eigenvalue weighted by Gasteiger charge is 2.17. The Hall–Kier alpha value is -1.85. The Bertz CT molecular complexity index is 596. The number of likely N-dealkylation sites (N-methyl/N-ethyl adjacent to an activating group) is 1. The highest BCUT2D eigenvalue weighted by molar-refractivity contribution is 7.09. The molecule has 23 heavy (non-hydrogen) atoms. The lowest BCUT2D eigenvalue weighted by Crippen LogP contribution is -2.42. The van der Waals surface area contributed by atoms with Crippen LogP contribution in [0.4, 0.5) is 0 Å². The van der Waals surface area contributed by atoms with Gasteiger partial charge in [-0.1, -0.05) is 18.2 Å². The van der Waals surface area contributed by atoms with E-state index in [1.54, 1.807) is 11.3 Å². The molecule has 1 unspecified atom stereocenters. The van der Waals surface area contributed by atoms with Gasteiger partial charge in [0.25, 0.3) is 0 Å². The van der Waals surface area contributed by atoms with Gasteiger partial charge in [-0.3, -0.25) is 9.69 Å². The number of nitrogens with one attached hydrogen (secondary N) is 1. The molecule has 2 aromatic rings. The molecule has 1 N–H and O–H groups in total. The second-order valence-electron chi connectivity index (χ2n) is 5.47. The van der Waals surface area contributed by atoms with Crippen LogP contribution in [0.1, 0.15) is 24.3 Å². The number of nitrogens with zero attached hydrogens (tertiary/aromatic N) is 1. The highest BCUT2D eigenvalue weighted by atomic mass is 32.1. The van der Waals surface area contributed by atoms with Gasteiger partial charge in [0.1, 0.15) is 5.75 Å². The average Bonchev–Trinajstić information content (AvgIpc) is 3.07. The number of carbonyl (C=O) groups is 1. The van der Waals surface area contributed by atoms with Crippen LogP contribution in [-0.2, 0) is 17.9 Å². The van der Waals surface area contributed by atoms with Crippen molar-refractivity contribution < 1.29 is 9.53 Å². The zero-order valence-corrected chi connectivity index (χ0v) is 14.7. The number of hydrogen-bond donors (Lipinski definition) is 1. The Kier molecular flexibility index (Phi) is 6.62. The first kappa shape index (κ1) is 17.5. The third-order valence-electron chi connectivity index (χ3n) is 3.72. The van der Waals surface area contributed by atoms with Crippen LogP contribution in [0.25, 0.3) is 0 Å². The number of hydrogen-bond acceptors (Lipinski definition) is 4. The molecule has 1 atom stereocenters. The highest BCUT2D eigenvalue weighted by Crippen LogP contribution is 2.14. The standard InChI is InChI=1S/C18H24N2O2S/c1-4-22-16-9-7-15(8-10-16)13-20(3)14(2)18(21)19-12-17-6-5-11-23-17/h5-11,14H,4,12-13H2,1-3H3,(H,19,21). The molecule has 1 amide bonds. The van der Waals surface area contributed by atoms with Crippen molar-refractivity contribution in [3.05, 3.63) is 52.2 Å². The van der Waals surface area contributed by atoms with Crippen molar-refractivity contribution >= 4 is 17.2 Å². The van der Waals surface area contributed by atoms with Crippen molar-refractivity contribution in [2.45, 2.75) is 33.0 Å². The topological polar surface area (TPSA) is 41.6 Å². The third kappa shape index (κ3) is 5.37. The van der Waals surface area contributed by atoms with E-state index >= 15 is 0 Å².